The molecule has 0 spiro atoms. The molecule has 1 heterocycles. The SMILES string of the molecule is Cn1nc(C(F)(F)F)c2ccccc21. The number of aryl methyl sites for hydroxylation is 1. The molecule has 0 saturated heterocycles. The zero-order chi connectivity index (χ0) is 10.3. The summed E-state index contributed by atoms with van der Waals surface area (Å²) >= 11 is 0. The number of rotatable bonds is 0. The van der Waals surface area contributed by atoms with E-state index in [-0.39, 0.29) is 5.39 Å². The van der Waals surface area contributed by atoms with Crippen molar-refractivity contribution in [3.8, 4) is 0 Å². The Balaban J connectivity index is 2.80. The summed E-state index contributed by atoms with van der Waals surface area (Å²) in [6.45, 7) is 0. The molecule has 0 aliphatic heterocycles. The molecule has 0 amide bonds. The van der Waals surface area contributed by atoms with Crippen LogP contribution in [0.2, 0.25) is 0 Å². The number of fused-ring (bicyclic) bond motifs is 1. The van der Waals surface area contributed by atoms with Crippen LogP contribution in [-0.2, 0) is 13.2 Å². The standard InChI is InChI=1S/C9H7F3N2/c1-14-7-5-3-2-4-6(7)8(13-14)9(10,11)12/h2-5H,1H3. The molecular formula is C9H7F3N2. The van der Waals surface area contributed by atoms with Crippen LogP contribution in [0.5, 0.6) is 0 Å². The molecule has 1 aromatic heterocycles. The van der Waals surface area contributed by atoms with Gasteiger partial charge in [-0.05, 0) is 6.07 Å². The van der Waals surface area contributed by atoms with E-state index in [1.165, 1.54) is 17.8 Å². The van der Waals surface area contributed by atoms with Gasteiger partial charge in [-0.25, -0.2) is 0 Å². The molecule has 14 heavy (non-hydrogen) atoms. The van der Waals surface area contributed by atoms with E-state index < -0.39 is 11.9 Å². The Morgan fingerprint density at radius 1 is 1.21 bits per heavy atom. The van der Waals surface area contributed by atoms with E-state index in [9.17, 15) is 13.2 Å². The topological polar surface area (TPSA) is 17.8 Å². The second kappa shape index (κ2) is 2.73. The van der Waals surface area contributed by atoms with E-state index in [4.69, 9.17) is 0 Å². The predicted octanol–water partition coefficient (Wildman–Crippen LogP) is 2.59. The van der Waals surface area contributed by atoms with Gasteiger partial charge in [0.05, 0.1) is 5.52 Å². The number of hydrogen-bond donors (Lipinski definition) is 0. The monoisotopic (exact) mass is 200 g/mol. The number of aromatic nitrogens is 2. The molecule has 74 valence electrons. The Morgan fingerprint density at radius 3 is 2.50 bits per heavy atom. The minimum absolute atomic E-state index is 0.141. The van der Waals surface area contributed by atoms with Gasteiger partial charge in [0.1, 0.15) is 0 Å². The molecule has 0 unspecified atom stereocenters. The van der Waals surface area contributed by atoms with Gasteiger partial charge in [0, 0.05) is 12.4 Å². The molecule has 0 fully saturated rings. The van der Waals surface area contributed by atoms with Crippen LogP contribution in [-0.4, -0.2) is 9.78 Å². The van der Waals surface area contributed by atoms with E-state index in [2.05, 4.69) is 5.10 Å². The van der Waals surface area contributed by atoms with E-state index in [1.807, 2.05) is 0 Å². The minimum Gasteiger partial charge on any atom is -0.267 e. The first-order valence-electron chi connectivity index (χ1n) is 3.99. The van der Waals surface area contributed by atoms with Gasteiger partial charge in [0.2, 0.25) is 0 Å². The van der Waals surface area contributed by atoms with Gasteiger partial charge in [-0.2, -0.15) is 18.3 Å². The summed E-state index contributed by atoms with van der Waals surface area (Å²) in [5.74, 6) is 0. The van der Waals surface area contributed by atoms with Crippen molar-refractivity contribution >= 4 is 10.9 Å². The van der Waals surface area contributed by atoms with Crippen LogP contribution >= 0.6 is 0 Å². The van der Waals surface area contributed by atoms with Crippen LogP contribution in [0.3, 0.4) is 0 Å². The van der Waals surface area contributed by atoms with Crippen LogP contribution in [0.15, 0.2) is 24.3 Å². The summed E-state index contributed by atoms with van der Waals surface area (Å²) in [4.78, 5) is 0. The average molecular weight is 200 g/mol. The fourth-order valence-electron chi connectivity index (χ4n) is 1.42. The Bertz CT molecular complexity index is 470. The Morgan fingerprint density at radius 2 is 1.86 bits per heavy atom. The van der Waals surface area contributed by atoms with Gasteiger partial charge in [-0.1, -0.05) is 18.2 Å². The smallest absolute Gasteiger partial charge is 0.267 e. The molecule has 0 bridgehead atoms. The maximum Gasteiger partial charge on any atom is 0.435 e. The maximum atomic E-state index is 12.5. The number of alkyl halides is 3. The number of halogens is 3. The van der Waals surface area contributed by atoms with Gasteiger partial charge in [-0.15, -0.1) is 0 Å². The molecule has 0 aliphatic rings. The van der Waals surface area contributed by atoms with Gasteiger partial charge < -0.3 is 0 Å². The highest BCUT2D eigenvalue weighted by atomic mass is 19.4. The zero-order valence-corrected chi connectivity index (χ0v) is 7.34. The molecule has 0 N–H and O–H groups in total. The highest BCUT2D eigenvalue weighted by Crippen LogP contribution is 2.33. The third-order valence-corrected chi connectivity index (χ3v) is 2.03. The first-order chi connectivity index (χ1) is 6.50. The van der Waals surface area contributed by atoms with Crippen LogP contribution in [0.1, 0.15) is 5.69 Å². The van der Waals surface area contributed by atoms with Crippen molar-refractivity contribution in [2.45, 2.75) is 6.18 Å². The Labute approximate surface area is 77.9 Å². The van der Waals surface area contributed by atoms with Crippen LogP contribution < -0.4 is 0 Å². The van der Waals surface area contributed by atoms with Crippen LogP contribution in [0.25, 0.3) is 10.9 Å². The summed E-state index contributed by atoms with van der Waals surface area (Å²) in [5.41, 5.74) is -0.338. The van der Waals surface area contributed by atoms with E-state index >= 15 is 0 Å². The second-order valence-corrected chi connectivity index (χ2v) is 2.99. The third kappa shape index (κ3) is 1.25. The minimum atomic E-state index is -4.39. The van der Waals surface area contributed by atoms with Gasteiger partial charge >= 0.3 is 6.18 Å². The number of para-hydroxylation sites is 1. The Kier molecular flexibility index (Phi) is 1.77. The summed E-state index contributed by atoms with van der Waals surface area (Å²) in [6, 6.07) is 6.28. The van der Waals surface area contributed by atoms with Gasteiger partial charge in [-0.3, -0.25) is 4.68 Å². The van der Waals surface area contributed by atoms with Crippen molar-refractivity contribution in [2.24, 2.45) is 7.05 Å². The fraction of sp³-hybridized carbons (Fsp3) is 0.222. The number of benzene rings is 1. The predicted molar refractivity (Wildman–Crippen MR) is 45.7 cm³/mol. The summed E-state index contributed by atoms with van der Waals surface area (Å²) in [5, 5.41) is 3.59. The second-order valence-electron chi connectivity index (χ2n) is 2.99. The van der Waals surface area contributed by atoms with Gasteiger partial charge in [0.25, 0.3) is 0 Å². The molecule has 2 aromatic rings. The molecule has 5 heteroatoms. The highest BCUT2D eigenvalue weighted by molar-refractivity contribution is 5.82. The van der Waals surface area contributed by atoms with Crippen molar-refractivity contribution in [1.29, 1.82) is 0 Å². The molecule has 2 rings (SSSR count). The number of nitrogens with zero attached hydrogens (tertiary/aromatic N) is 2. The summed E-state index contributed by atoms with van der Waals surface area (Å²) < 4.78 is 38.6. The van der Waals surface area contributed by atoms with Crippen molar-refractivity contribution < 1.29 is 13.2 Å². The van der Waals surface area contributed by atoms with E-state index in [1.54, 1.807) is 18.2 Å². The largest absolute Gasteiger partial charge is 0.435 e. The van der Waals surface area contributed by atoms with Crippen LogP contribution in [0.4, 0.5) is 13.2 Å². The average Bonchev–Trinajstić information content (AvgIpc) is 2.44. The van der Waals surface area contributed by atoms with Gasteiger partial charge in [0.15, 0.2) is 5.69 Å². The lowest BCUT2D eigenvalue weighted by Crippen LogP contribution is -2.06. The number of hydrogen-bond acceptors (Lipinski definition) is 1. The maximum absolute atomic E-state index is 12.5. The Hall–Kier alpha value is -1.52. The van der Waals surface area contributed by atoms with E-state index in [0.29, 0.717) is 5.52 Å². The molecular weight excluding hydrogens is 193 g/mol. The first kappa shape index (κ1) is 9.05. The fourth-order valence-corrected chi connectivity index (χ4v) is 1.42. The highest BCUT2D eigenvalue weighted by Gasteiger charge is 2.36. The molecule has 1 aromatic carbocycles. The quantitative estimate of drug-likeness (QED) is 0.639. The van der Waals surface area contributed by atoms with E-state index in [0.717, 1.165) is 0 Å². The zero-order valence-electron chi connectivity index (χ0n) is 7.34. The van der Waals surface area contributed by atoms with Crippen molar-refractivity contribution in [2.75, 3.05) is 0 Å². The molecule has 0 atom stereocenters. The lowest BCUT2D eigenvalue weighted by molar-refractivity contribution is -0.140. The van der Waals surface area contributed by atoms with Crippen molar-refractivity contribution in [3.05, 3.63) is 30.0 Å². The first-order valence-corrected chi connectivity index (χ1v) is 3.99. The molecule has 0 saturated carbocycles. The summed E-state index contributed by atoms with van der Waals surface area (Å²) in [7, 11) is 1.50. The van der Waals surface area contributed by atoms with Crippen molar-refractivity contribution in [1.82, 2.24) is 9.78 Å². The molecule has 0 aliphatic carbocycles. The lowest BCUT2D eigenvalue weighted by atomic mass is 10.2. The summed E-state index contributed by atoms with van der Waals surface area (Å²) in [6.07, 6.45) is -4.39. The normalized spacial score (nSPS) is 12.3. The molecule has 2 nitrogen and oxygen atoms in total. The van der Waals surface area contributed by atoms with Crippen LogP contribution in [0, 0.1) is 0 Å². The lowest BCUT2D eigenvalue weighted by Gasteiger charge is -2.01. The molecule has 0 radical (unpaired) electrons. The third-order valence-electron chi connectivity index (χ3n) is 2.03. The van der Waals surface area contributed by atoms with Crippen molar-refractivity contribution in [3.63, 3.8) is 0 Å².